The van der Waals surface area contributed by atoms with Crippen LogP contribution in [0.1, 0.15) is 139 Å². The van der Waals surface area contributed by atoms with E-state index < -0.39 is 34.1 Å². The number of nitrogens with zero attached hydrogens (tertiary/aromatic N) is 12. The maximum absolute atomic E-state index is 14.9. The Morgan fingerprint density at radius 2 is 1.01 bits per heavy atom. The Kier molecular flexibility index (Phi) is 20.8. The number of rotatable bonds is 10. The monoisotopic (exact) mass is 1230 g/mol. The molecule has 2 aliphatic heterocycles. The quantitative estimate of drug-likeness (QED) is 0.0967. The predicted molar refractivity (Wildman–Crippen MR) is 339 cm³/mol. The van der Waals surface area contributed by atoms with Gasteiger partial charge in [0, 0.05) is 84.6 Å². The number of pyridine rings is 4. The number of anilines is 5. The zero-order chi connectivity index (χ0) is 60.5. The molecular weight excluding hydrogens is 1140 g/mol. The van der Waals surface area contributed by atoms with Crippen molar-refractivity contribution in [1.82, 2.24) is 49.0 Å². The Labute approximate surface area is 529 Å². The van der Waals surface area contributed by atoms with Crippen LogP contribution in [0.5, 0.6) is 0 Å². The average molecular weight is 1230 g/mol. The largest absolute Gasteiger partial charge is 1.00 e. The van der Waals surface area contributed by atoms with Gasteiger partial charge in [0.05, 0.1) is 36.0 Å². The van der Waals surface area contributed by atoms with Crippen molar-refractivity contribution in [1.29, 1.82) is 0 Å². The first-order valence-electron chi connectivity index (χ1n) is 29.8. The molecule has 2 saturated carbocycles. The molecule has 0 aromatic carbocycles. The van der Waals surface area contributed by atoms with Crippen molar-refractivity contribution < 1.29 is 52.3 Å². The minimum Gasteiger partial charge on any atom is -0.850 e. The van der Waals surface area contributed by atoms with Crippen LogP contribution in [-0.2, 0) is 8.85 Å². The molecule has 2 aliphatic carbocycles. The third-order valence-corrected chi connectivity index (χ3v) is 26.8. The molecule has 85 heavy (non-hydrogen) atoms. The number of fused-ring (bicyclic) bond motifs is 6. The summed E-state index contributed by atoms with van der Waals surface area (Å²) >= 11 is 5.84. The van der Waals surface area contributed by atoms with E-state index in [1.54, 1.807) is 33.2 Å². The number of nitrogens with one attached hydrogen (secondary N) is 1. The number of aromatic nitrogens is 10. The van der Waals surface area contributed by atoms with Gasteiger partial charge < -0.3 is 43.9 Å². The van der Waals surface area contributed by atoms with Gasteiger partial charge in [-0.15, -0.1) is 5.60 Å². The van der Waals surface area contributed by atoms with Crippen molar-refractivity contribution in [3.8, 4) is 0 Å². The molecule has 8 aromatic rings. The molecule has 23 heteroatoms. The van der Waals surface area contributed by atoms with Crippen LogP contribution >= 0.6 is 11.6 Å². The van der Waals surface area contributed by atoms with Crippen LogP contribution in [0.15, 0.2) is 73.6 Å². The van der Waals surface area contributed by atoms with Gasteiger partial charge in [-0.3, -0.25) is 0 Å². The maximum atomic E-state index is 14.9. The number of hydrogen-bond acceptors (Lipinski definition) is 15. The molecule has 2 atom stereocenters. The molecule has 12 rings (SSSR count). The SMILES string of the molecule is CC(C)(C)[O-].CC(C)(C)[Si](C)(C)O[C@H]1CCN(c2ccc(Cl)nc2)C1.CC(C)(C)[Si](C)(C)O[C@H]1CCN(c2ccc(Nc3ncc4c5ccnc(F)c5n(C5CCCC5)c4n3)nc2)C1.Nc1ncc2c3ccnc(F)c3n(C3CCCC3)c2n1.[Na+]. The number of hydrogen-bond donors (Lipinski definition) is 2. The van der Waals surface area contributed by atoms with Gasteiger partial charge in [-0.2, -0.15) is 18.7 Å². The Bertz CT molecular complexity index is 3540. The van der Waals surface area contributed by atoms with Crippen LogP contribution in [0.2, 0.25) is 41.4 Å². The Morgan fingerprint density at radius 3 is 1.44 bits per heavy atom. The van der Waals surface area contributed by atoms with E-state index in [-0.39, 0.29) is 63.8 Å². The molecule has 0 radical (unpaired) electrons. The van der Waals surface area contributed by atoms with Crippen molar-refractivity contribution in [2.75, 3.05) is 47.0 Å². The molecule has 0 spiro atoms. The minimum absolute atomic E-state index is 0. The van der Waals surface area contributed by atoms with E-state index in [1.807, 2.05) is 51.9 Å². The fraction of sp³-hybridized carbons (Fsp3) is 0.548. The third-order valence-electron chi connectivity index (χ3n) is 17.5. The second-order valence-electron chi connectivity index (χ2n) is 27.0. The van der Waals surface area contributed by atoms with Gasteiger partial charge in [0.25, 0.3) is 0 Å². The van der Waals surface area contributed by atoms with Gasteiger partial charge in [0.2, 0.25) is 23.8 Å². The van der Waals surface area contributed by atoms with Gasteiger partial charge in [0.15, 0.2) is 16.6 Å². The van der Waals surface area contributed by atoms with Crippen molar-refractivity contribution in [2.24, 2.45) is 0 Å². The molecular formula is C62H86ClF2N14NaO3Si2. The van der Waals surface area contributed by atoms with E-state index in [9.17, 15) is 13.9 Å². The molecule has 3 N–H and O–H groups in total. The molecule has 0 bridgehead atoms. The van der Waals surface area contributed by atoms with Gasteiger partial charge in [-0.25, -0.2) is 29.9 Å². The van der Waals surface area contributed by atoms with E-state index in [1.165, 1.54) is 12.4 Å². The predicted octanol–water partition coefficient (Wildman–Crippen LogP) is 11.3. The Balaban J connectivity index is 0.000000172. The third kappa shape index (κ3) is 15.7. The molecule has 8 aromatic heterocycles. The average Bonchev–Trinajstić information content (AvgIpc) is 1.73. The van der Waals surface area contributed by atoms with Crippen LogP contribution < -0.4 is 55.5 Å². The molecule has 17 nitrogen and oxygen atoms in total. The second kappa shape index (κ2) is 26.8. The van der Waals surface area contributed by atoms with Crippen LogP contribution in [0, 0.1) is 11.9 Å². The van der Waals surface area contributed by atoms with Gasteiger partial charge in [-0.05, 0) is 111 Å². The zero-order valence-electron chi connectivity index (χ0n) is 52.4. The van der Waals surface area contributed by atoms with E-state index in [0.29, 0.717) is 39.7 Å². The number of halogens is 3. The van der Waals surface area contributed by atoms with Crippen molar-refractivity contribution in [2.45, 2.75) is 193 Å². The standard InChI is InChI=1S/C29H38FN7OSi.C15H25ClN2OSi.C14H14FN5.C4H9O.Na/c1-29(2,3)39(4,5)38-21-13-15-36(18-21)20-10-11-24(32-16-20)34-28-33-17-23-22-12-14-31-26(30)25(22)37(27(23)35-28)19-8-6-7-9-19;1-15(2,3)20(4,5)19-13-8-9-18(11-13)12-6-7-14(16)17-10-12;15-12-11-9(5-6-17-12)10-7-18-14(16)19-13(10)20(11)8-3-1-2-4-8;1-4(2,3)5;/h10-12,14,16-17,19,21H,6-9,13,15,18H2,1-5H3,(H,32,33,34,35);6-7,10,13H,8-9,11H2,1-5H3;5-8H,1-4H2,(H2,16,18,19);1-3H3;/q;;;-1;+1/t21-;13-;;;/m00.../s1. The van der Waals surface area contributed by atoms with Gasteiger partial charge in [-0.1, -0.05) is 99.6 Å². The summed E-state index contributed by atoms with van der Waals surface area (Å²) in [6, 6.07) is 12.1. The first-order chi connectivity index (χ1) is 39.5. The summed E-state index contributed by atoms with van der Waals surface area (Å²) in [6.45, 7) is 31.7. The van der Waals surface area contributed by atoms with E-state index >= 15 is 0 Å². The maximum Gasteiger partial charge on any atom is 1.00 e. The summed E-state index contributed by atoms with van der Waals surface area (Å²) in [5, 5.41) is 17.7. The van der Waals surface area contributed by atoms with Gasteiger partial charge >= 0.3 is 29.6 Å². The molecule has 10 heterocycles. The molecule has 452 valence electrons. The first kappa shape index (κ1) is 66.0. The number of nitrogen functional groups attached to an aromatic ring is 1. The summed E-state index contributed by atoms with van der Waals surface area (Å²) in [5.41, 5.74) is 9.68. The summed E-state index contributed by atoms with van der Waals surface area (Å²) < 4.78 is 46.3. The fourth-order valence-electron chi connectivity index (χ4n) is 11.2. The Hall–Kier alpha value is -4.98. The van der Waals surface area contributed by atoms with Crippen LogP contribution in [-0.4, -0.2) is 110 Å². The van der Waals surface area contributed by atoms with Crippen LogP contribution in [0.4, 0.5) is 37.9 Å². The molecule has 4 fully saturated rings. The summed E-state index contributed by atoms with van der Waals surface area (Å²) in [6.07, 6.45) is 21.6. The van der Waals surface area contributed by atoms with Crippen LogP contribution in [0.3, 0.4) is 0 Å². The Morgan fingerprint density at radius 1 is 0.576 bits per heavy atom. The summed E-state index contributed by atoms with van der Waals surface area (Å²) in [7, 11) is -3.46. The molecule has 4 aliphatic rings. The second-order valence-corrected chi connectivity index (χ2v) is 36.9. The smallest absolute Gasteiger partial charge is 0.850 e. The topological polar surface area (TPSA) is 199 Å². The van der Waals surface area contributed by atoms with E-state index in [0.717, 1.165) is 129 Å². The molecule has 2 saturated heterocycles. The van der Waals surface area contributed by atoms with E-state index in [2.05, 4.69) is 124 Å². The van der Waals surface area contributed by atoms with Crippen LogP contribution in [0.25, 0.3) is 43.9 Å². The first-order valence-corrected chi connectivity index (χ1v) is 36.0. The number of nitrogens with two attached hydrogens (primary N) is 1. The normalized spacial score (nSPS) is 18.1. The van der Waals surface area contributed by atoms with Gasteiger partial charge in [0.1, 0.15) is 33.3 Å². The zero-order valence-corrected chi connectivity index (χ0v) is 57.2. The summed E-state index contributed by atoms with van der Waals surface area (Å²) in [5.74, 6) is 0.423. The molecule has 0 unspecified atom stereocenters. The molecule has 0 amide bonds. The minimum atomic E-state index is -1.79. The van der Waals surface area contributed by atoms with Crippen molar-refractivity contribution in [3.05, 3.63) is 90.6 Å². The van der Waals surface area contributed by atoms with Crippen molar-refractivity contribution in [3.63, 3.8) is 0 Å². The fourth-order valence-corrected chi connectivity index (χ4v) is 14.1. The van der Waals surface area contributed by atoms with Crippen molar-refractivity contribution >= 4 is 101 Å². The van der Waals surface area contributed by atoms with E-state index in [4.69, 9.17) is 31.2 Å². The summed E-state index contributed by atoms with van der Waals surface area (Å²) in [4.78, 5) is 39.0.